The maximum Gasteiger partial charge on any atom is 0.251 e. The van der Waals surface area contributed by atoms with Gasteiger partial charge in [0.05, 0.1) is 6.54 Å². The Morgan fingerprint density at radius 1 is 1.04 bits per heavy atom. The number of anilines is 1. The van der Waals surface area contributed by atoms with Gasteiger partial charge < -0.3 is 25.4 Å². The van der Waals surface area contributed by atoms with Crippen LogP contribution in [0.2, 0.25) is 0 Å². The monoisotopic (exact) mass is 337 g/mol. The molecule has 0 aliphatic carbocycles. The maximum atomic E-state index is 12.0. The highest BCUT2D eigenvalue weighted by molar-refractivity contribution is 5.97. The first kappa shape index (κ1) is 20.1. The number of amides is 2. The standard InChI is InChI=1S/C17H27N3O4/c1-23-10-4-8-18-13-16(21)20-15-7-3-6-14(12-15)17(22)19-9-5-11-24-2/h3,6-7,12,18H,4-5,8-11,13H2,1-2H3,(H,19,22)(H,20,21). The fourth-order valence-corrected chi connectivity index (χ4v) is 2.01. The normalized spacial score (nSPS) is 10.4. The quantitative estimate of drug-likeness (QED) is 0.496. The minimum atomic E-state index is -0.167. The van der Waals surface area contributed by atoms with E-state index in [2.05, 4.69) is 16.0 Å². The molecule has 24 heavy (non-hydrogen) atoms. The summed E-state index contributed by atoms with van der Waals surface area (Å²) in [6, 6.07) is 6.87. The van der Waals surface area contributed by atoms with E-state index in [0.29, 0.717) is 37.6 Å². The highest BCUT2D eigenvalue weighted by Crippen LogP contribution is 2.10. The van der Waals surface area contributed by atoms with Crippen molar-refractivity contribution in [2.24, 2.45) is 0 Å². The summed E-state index contributed by atoms with van der Waals surface area (Å²) in [4.78, 5) is 23.9. The predicted octanol–water partition coefficient (Wildman–Crippen LogP) is 1.02. The van der Waals surface area contributed by atoms with Crippen molar-refractivity contribution in [1.82, 2.24) is 10.6 Å². The van der Waals surface area contributed by atoms with Crippen LogP contribution in [0.4, 0.5) is 5.69 Å². The van der Waals surface area contributed by atoms with Crippen molar-refractivity contribution < 1.29 is 19.1 Å². The third-order valence-corrected chi connectivity index (χ3v) is 3.21. The number of methoxy groups -OCH3 is 2. The smallest absolute Gasteiger partial charge is 0.251 e. The molecule has 0 aliphatic heterocycles. The van der Waals surface area contributed by atoms with Gasteiger partial charge in [-0.05, 0) is 37.6 Å². The van der Waals surface area contributed by atoms with Crippen LogP contribution in [0.1, 0.15) is 23.2 Å². The molecule has 0 atom stereocenters. The molecule has 2 amide bonds. The lowest BCUT2D eigenvalue weighted by atomic mass is 10.2. The highest BCUT2D eigenvalue weighted by atomic mass is 16.5. The molecule has 0 saturated carbocycles. The second kappa shape index (κ2) is 12.5. The number of hydrogen-bond acceptors (Lipinski definition) is 5. The summed E-state index contributed by atoms with van der Waals surface area (Å²) in [6.07, 6.45) is 1.61. The molecule has 7 nitrogen and oxygen atoms in total. The molecule has 134 valence electrons. The van der Waals surface area contributed by atoms with Gasteiger partial charge in [0.2, 0.25) is 5.91 Å². The zero-order valence-electron chi connectivity index (χ0n) is 14.4. The van der Waals surface area contributed by atoms with E-state index in [1.165, 1.54) is 0 Å². The summed E-state index contributed by atoms with van der Waals surface area (Å²) in [5.74, 6) is -0.315. The molecule has 0 heterocycles. The lowest BCUT2D eigenvalue weighted by Gasteiger charge is -2.09. The lowest BCUT2D eigenvalue weighted by molar-refractivity contribution is -0.115. The Kier molecular flexibility index (Phi) is 10.4. The molecule has 3 N–H and O–H groups in total. The summed E-state index contributed by atoms with van der Waals surface area (Å²) >= 11 is 0. The molecule has 0 fully saturated rings. The summed E-state index contributed by atoms with van der Waals surface area (Å²) in [7, 11) is 3.27. The lowest BCUT2D eigenvalue weighted by Crippen LogP contribution is -2.29. The SMILES string of the molecule is COCCCNCC(=O)Nc1cccc(C(=O)NCCCOC)c1. The van der Waals surface area contributed by atoms with E-state index < -0.39 is 0 Å². The minimum Gasteiger partial charge on any atom is -0.385 e. The third kappa shape index (κ3) is 8.61. The van der Waals surface area contributed by atoms with Crippen molar-refractivity contribution in [1.29, 1.82) is 0 Å². The second-order valence-corrected chi connectivity index (χ2v) is 5.25. The summed E-state index contributed by atoms with van der Waals surface area (Å²) in [5.41, 5.74) is 1.11. The molecule has 0 spiro atoms. The van der Waals surface area contributed by atoms with Gasteiger partial charge in [0.25, 0.3) is 5.91 Å². The van der Waals surface area contributed by atoms with Crippen LogP contribution in [0.25, 0.3) is 0 Å². The Bertz CT molecular complexity index is 508. The van der Waals surface area contributed by atoms with Crippen molar-refractivity contribution in [3.8, 4) is 0 Å². The molecule has 1 rings (SSSR count). The first-order valence-electron chi connectivity index (χ1n) is 8.04. The Labute approximate surface area is 143 Å². The van der Waals surface area contributed by atoms with Crippen LogP contribution < -0.4 is 16.0 Å². The zero-order chi connectivity index (χ0) is 17.6. The Morgan fingerprint density at radius 3 is 2.46 bits per heavy atom. The van der Waals surface area contributed by atoms with Crippen molar-refractivity contribution >= 4 is 17.5 Å². The first-order chi connectivity index (χ1) is 11.7. The maximum absolute atomic E-state index is 12.0. The van der Waals surface area contributed by atoms with E-state index in [0.717, 1.165) is 12.8 Å². The van der Waals surface area contributed by atoms with E-state index in [9.17, 15) is 9.59 Å². The Morgan fingerprint density at radius 2 is 1.75 bits per heavy atom. The molecular weight excluding hydrogens is 310 g/mol. The molecule has 0 bridgehead atoms. The average molecular weight is 337 g/mol. The van der Waals surface area contributed by atoms with E-state index in [1.54, 1.807) is 38.5 Å². The molecule has 0 aliphatic rings. The number of carbonyl (C=O) groups excluding carboxylic acids is 2. The molecule has 0 radical (unpaired) electrons. The van der Waals surface area contributed by atoms with Crippen LogP contribution in [0.5, 0.6) is 0 Å². The van der Waals surface area contributed by atoms with E-state index >= 15 is 0 Å². The van der Waals surface area contributed by atoms with E-state index in [4.69, 9.17) is 9.47 Å². The number of carbonyl (C=O) groups is 2. The predicted molar refractivity (Wildman–Crippen MR) is 93.3 cm³/mol. The van der Waals surface area contributed by atoms with Crippen molar-refractivity contribution in [3.63, 3.8) is 0 Å². The second-order valence-electron chi connectivity index (χ2n) is 5.25. The zero-order valence-corrected chi connectivity index (χ0v) is 14.4. The van der Waals surface area contributed by atoms with Gasteiger partial charge in [-0.1, -0.05) is 6.07 Å². The van der Waals surface area contributed by atoms with Crippen LogP contribution in [0.3, 0.4) is 0 Å². The highest BCUT2D eigenvalue weighted by Gasteiger charge is 2.07. The molecule has 0 unspecified atom stereocenters. The Balaban J connectivity index is 2.38. The summed E-state index contributed by atoms with van der Waals surface area (Å²) < 4.78 is 9.87. The third-order valence-electron chi connectivity index (χ3n) is 3.21. The van der Waals surface area contributed by atoms with E-state index in [-0.39, 0.29) is 18.4 Å². The number of ether oxygens (including phenoxy) is 2. The largest absolute Gasteiger partial charge is 0.385 e. The van der Waals surface area contributed by atoms with Gasteiger partial charge in [0, 0.05) is 45.2 Å². The van der Waals surface area contributed by atoms with Crippen LogP contribution in [-0.2, 0) is 14.3 Å². The number of rotatable bonds is 12. The van der Waals surface area contributed by atoms with Gasteiger partial charge in [-0.15, -0.1) is 0 Å². The summed E-state index contributed by atoms with van der Waals surface area (Å²) in [6.45, 7) is 2.75. The fraction of sp³-hybridized carbons (Fsp3) is 0.529. The van der Waals surface area contributed by atoms with Crippen molar-refractivity contribution in [2.75, 3.05) is 52.4 Å². The molecular formula is C17H27N3O4. The van der Waals surface area contributed by atoms with Crippen LogP contribution >= 0.6 is 0 Å². The number of benzene rings is 1. The van der Waals surface area contributed by atoms with Gasteiger partial charge in [-0.25, -0.2) is 0 Å². The molecule has 1 aromatic rings. The van der Waals surface area contributed by atoms with Gasteiger partial charge >= 0.3 is 0 Å². The molecule has 0 aromatic heterocycles. The molecule has 1 aromatic carbocycles. The van der Waals surface area contributed by atoms with Gasteiger partial charge in [-0.2, -0.15) is 0 Å². The summed E-state index contributed by atoms with van der Waals surface area (Å²) in [5, 5.41) is 8.62. The van der Waals surface area contributed by atoms with E-state index in [1.807, 2.05) is 0 Å². The van der Waals surface area contributed by atoms with Crippen molar-refractivity contribution in [2.45, 2.75) is 12.8 Å². The van der Waals surface area contributed by atoms with Gasteiger partial charge in [-0.3, -0.25) is 9.59 Å². The number of nitrogens with one attached hydrogen (secondary N) is 3. The molecule has 0 saturated heterocycles. The van der Waals surface area contributed by atoms with Gasteiger partial charge in [0.15, 0.2) is 0 Å². The average Bonchev–Trinajstić information content (AvgIpc) is 2.58. The van der Waals surface area contributed by atoms with Gasteiger partial charge in [0.1, 0.15) is 0 Å². The molecule has 7 heteroatoms. The van der Waals surface area contributed by atoms with Crippen LogP contribution in [-0.4, -0.2) is 58.9 Å². The van der Waals surface area contributed by atoms with Crippen LogP contribution in [0.15, 0.2) is 24.3 Å². The first-order valence-corrected chi connectivity index (χ1v) is 8.04. The Hall–Kier alpha value is -1.96. The minimum absolute atomic E-state index is 0.148. The van der Waals surface area contributed by atoms with Crippen molar-refractivity contribution in [3.05, 3.63) is 29.8 Å². The van der Waals surface area contributed by atoms with Crippen LogP contribution in [0, 0.1) is 0 Å². The number of hydrogen-bond donors (Lipinski definition) is 3. The topological polar surface area (TPSA) is 88.7 Å². The fourth-order valence-electron chi connectivity index (χ4n) is 2.01.